The molecule has 0 heterocycles. The summed E-state index contributed by atoms with van der Waals surface area (Å²) in [6.07, 6.45) is 0.703. The highest BCUT2D eigenvalue weighted by molar-refractivity contribution is 5.37. The second kappa shape index (κ2) is 6.48. The molecule has 0 fully saturated rings. The summed E-state index contributed by atoms with van der Waals surface area (Å²) in [4.78, 5) is 0. The third-order valence-electron chi connectivity index (χ3n) is 2.95. The zero-order chi connectivity index (χ0) is 14.5. The largest absolute Gasteiger partial charge is 0.489 e. The van der Waals surface area contributed by atoms with Crippen LogP contribution in [-0.4, -0.2) is 6.54 Å². The van der Waals surface area contributed by atoms with Crippen molar-refractivity contribution >= 4 is 0 Å². The molecule has 0 amide bonds. The van der Waals surface area contributed by atoms with E-state index in [9.17, 15) is 8.78 Å². The van der Waals surface area contributed by atoms with Crippen molar-refractivity contribution in [3.8, 4) is 5.75 Å². The molecule has 2 aromatic carbocycles. The Bertz CT molecular complexity index is 579. The van der Waals surface area contributed by atoms with Crippen molar-refractivity contribution in [2.75, 3.05) is 6.54 Å². The SMILES string of the molecule is Cc1ccc(OCc2cc(F)cc(F)c2)c(CCN)c1. The number of ether oxygens (including phenoxy) is 1. The lowest BCUT2D eigenvalue weighted by atomic mass is 10.1. The van der Waals surface area contributed by atoms with Gasteiger partial charge >= 0.3 is 0 Å². The standard InChI is InChI=1S/C16H17F2NO/c1-11-2-3-16(13(6-11)4-5-19)20-10-12-7-14(17)9-15(18)8-12/h2-3,6-9H,4-5,10,19H2,1H3. The number of rotatable bonds is 5. The third-order valence-corrected chi connectivity index (χ3v) is 2.95. The smallest absolute Gasteiger partial charge is 0.126 e. The Morgan fingerprint density at radius 3 is 2.40 bits per heavy atom. The van der Waals surface area contributed by atoms with Crippen LogP contribution in [0.5, 0.6) is 5.75 Å². The van der Waals surface area contributed by atoms with Crippen LogP contribution in [0.25, 0.3) is 0 Å². The van der Waals surface area contributed by atoms with E-state index in [1.165, 1.54) is 12.1 Å². The fourth-order valence-corrected chi connectivity index (χ4v) is 2.06. The minimum atomic E-state index is -0.602. The Kier molecular flexibility index (Phi) is 4.69. The molecule has 0 unspecified atom stereocenters. The van der Waals surface area contributed by atoms with E-state index in [1.807, 2.05) is 25.1 Å². The van der Waals surface area contributed by atoms with Crippen molar-refractivity contribution in [2.24, 2.45) is 5.73 Å². The molecule has 106 valence electrons. The van der Waals surface area contributed by atoms with E-state index in [4.69, 9.17) is 10.5 Å². The average Bonchev–Trinajstić information content (AvgIpc) is 2.37. The second-order valence-electron chi connectivity index (χ2n) is 4.72. The molecule has 0 aliphatic heterocycles. The van der Waals surface area contributed by atoms with Crippen LogP contribution in [0.2, 0.25) is 0 Å². The summed E-state index contributed by atoms with van der Waals surface area (Å²) in [5.41, 5.74) is 8.16. The summed E-state index contributed by atoms with van der Waals surface area (Å²) >= 11 is 0. The maximum atomic E-state index is 13.1. The number of halogens is 2. The molecule has 2 nitrogen and oxygen atoms in total. The Morgan fingerprint density at radius 1 is 1.05 bits per heavy atom. The molecule has 0 radical (unpaired) electrons. The Morgan fingerprint density at radius 2 is 1.75 bits per heavy atom. The minimum Gasteiger partial charge on any atom is -0.489 e. The van der Waals surface area contributed by atoms with Crippen LogP contribution in [-0.2, 0) is 13.0 Å². The fraction of sp³-hybridized carbons (Fsp3) is 0.250. The van der Waals surface area contributed by atoms with Gasteiger partial charge in [0.15, 0.2) is 0 Å². The lowest BCUT2D eigenvalue weighted by Gasteiger charge is -2.12. The molecule has 0 saturated carbocycles. The van der Waals surface area contributed by atoms with Crippen molar-refractivity contribution in [1.82, 2.24) is 0 Å². The maximum Gasteiger partial charge on any atom is 0.126 e. The highest BCUT2D eigenvalue weighted by Crippen LogP contribution is 2.22. The Balaban J connectivity index is 2.13. The Labute approximate surface area is 117 Å². The van der Waals surface area contributed by atoms with E-state index in [0.717, 1.165) is 17.2 Å². The van der Waals surface area contributed by atoms with Crippen LogP contribution in [0.4, 0.5) is 8.78 Å². The monoisotopic (exact) mass is 277 g/mol. The molecule has 2 aromatic rings. The molecule has 0 saturated heterocycles. The van der Waals surface area contributed by atoms with E-state index in [-0.39, 0.29) is 6.61 Å². The molecule has 0 atom stereocenters. The van der Waals surface area contributed by atoms with Gasteiger partial charge in [-0.05, 0) is 49.2 Å². The van der Waals surface area contributed by atoms with Crippen LogP contribution < -0.4 is 10.5 Å². The third kappa shape index (κ3) is 3.78. The number of hydrogen-bond acceptors (Lipinski definition) is 2. The molecular weight excluding hydrogens is 260 g/mol. The van der Waals surface area contributed by atoms with Crippen LogP contribution in [0, 0.1) is 18.6 Å². The molecule has 0 aromatic heterocycles. The zero-order valence-electron chi connectivity index (χ0n) is 11.3. The average molecular weight is 277 g/mol. The van der Waals surface area contributed by atoms with Gasteiger partial charge in [-0.15, -0.1) is 0 Å². The number of aryl methyl sites for hydroxylation is 1. The number of benzene rings is 2. The van der Waals surface area contributed by atoms with Gasteiger partial charge in [0.05, 0.1) is 0 Å². The topological polar surface area (TPSA) is 35.2 Å². The van der Waals surface area contributed by atoms with Crippen molar-refractivity contribution in [1.29, 1.82) is 0 Å². The summed E-state index contributed by atoms with van der Waals surface area (Å²) in [5, 5.41) is 0. The van der Waals surface area contributed by atoms with Crippen molar-refractivity contribution in [3.63, 3.8) is 0 Å². The molecule has 4 heteroatoms. The lowest BCUT2D eigenvalue weighted by Crippen LogP contribution is -2.06. The first-order valence-corrected chi connectivity index (χ1v) is 6.46. The first-order chi connectivity index (χ1) is 9.58. The summed E-state index contributed by atoms with van der Waals surface area (Å²) in [5.74, 6) is -0.505. The molecule has 20 heavy (non-hydrogen) atoms. The van der Waals surface area contributed by atoms with E-state index in [2.05, 4.69) is 0 Å². The normalized spacial score (nSPS) is 10.6. The van der Waals surface area contributed by atoms with Gasteiger partial charge in [-0.2, -0.15) is 0 Å². The van der Waals surface area contributed by atoms with Gasteiger partial charge in [0.25, 0.3) is 0 Å². The summed E-state index contributed by atoms with van der Waals surface area (Å²) < 4.78 is 31.8. The molecule has 2 rings (SSSR count). The van der Waals surface area contributed by atoms with Crippen LogP contribution >= 0.6 is 0 Å². The predicted molar refractivity (Wildman–Crippen MR) is 74.6 cm³/mol. The Hall–Kier alpha value is -1.94. The van der Waals surface area contributed by atoms with Gasteiger partial charge in [0.2, 0.25) is 0 Å². The molecule has 0 aliphatic carbocycles. The van der Waals surface area contributed by atoms with Gasteiger partial charge < -0.3 is 10.5 Å². The van der Waals surface area contributed by atoms with Crippen molar-refractivity contribution < 1.29 is 13.5 Å². The summed E-state index contributed by atoms with van der Waals surface area (Å²) in [6, 6.07) is 9.17. The van der Waals surface area contributed by atoms with Crippen molar-refractivity contribution in [3.05, 3.63) is 64.7 Å². The lowest BCUT2D eigenvalue weighted by molar-refractivity contribution is 0.301. The quantitative estimate of drug-likeness (QED) is 0.909. The van der Waals surface area contributed by atoms with E-state index in [1.54, 1.807) is 0 Å². The molecule has 0 bridgehead atoms. The highest BCUT2D eigenvalue weighted by atomic mass is 19.1. The van der Waals surface area contributed by atoms with E-state index >= 15 is 0 Å². The minimum absolute atomic E-state index is 0.120. The van der Waals surface area contributed by atoms with E-state index in [0.29, 0.717) is 24.3 Å². The number of nitrogens with two attached hydrogens (primary N) is 1. The second-order valence-corrected chi connectivity index (χ2v) is 4.72. The summed E-state index contributed by atoms with van der Waals surface area (Å²) in [7, 11) is 0. The van der Waals surface area contributed by atoms with E-state index < -0.39 is 11.6 Å². The predicted octanol–water partition coefficient (Wildman–Crippen LogP) is 3.35. The molecule has 0 spiro atoms. The number of hydrogen-bond donors (Lipinski definition) is 1. The zero-order valence-corrected chi connectivity index (χ0v) is 11.3. The maximum absolute atomic E-state index is 13.1. The van der Waals surface area contributed by atoms with Crippen LogP contribution in [0.15, 0.2) is 36.4 Å². The van der Waals surface area contributed by atoms with Gasteiger partial charge in [-0.1, -0.05) is 17.7 Å². The van der Waals surface area contributed by atoms with Gasteiger partial charge in [-0.25, -0.2) is 8.78 Å². The van der Waals surface area contributed by atoms with Crippen molar-refractivity contribution in [2.45, 2.75) is 20.0 Å². The molecular formula is C16H17F2NO. The van der Waals surface area contributed by atoms with Crippen LogP contribution in [0.3, 0.4) is 0 Å². The highest BCUT2D eigenvalue weighted by Gasteiger charge is 2.06. The van der Waals surface area contributed by atoms with Gasteiger partial charge in [-0.3, -0.25) is 0 Å². The fourth-order valence-electron chi connectivity index (χ4n) is 2.06. The summed E-state index contributed by atoms with van der Waals surface area (Å²) in [6.45, 7) is 2.63. The first kappa shape index (κ1) is 14.5. The first-order valence-electron chi connectivity index (χ1n) is 6.46. The molecule has 0 aliphatic rings. The molecule has 2 N–H and O–H groups in total. The van der Waals surface area contributed by atoms with Gasteiger partial charge in [0.1, 0.15) is 24.0 Å². The van der Waals surface area contributed by atoms with Gasteiger partial charge in [0, 0.05) is 6.07 Å². The van der Waals surface area contributed by atoms with Crippen LogP contribution in [0.1, 0.15) is 16.7 Å².